The van der Waals surface area contributed by atoms with E-state index in [-0.39, 0.29) is 5.83 Å². The molecule has 0 aromatic heterocycles. The van der Waals surface area contributed by atoms with Gasteiger partial charge in [-0.15, -0.1) is 6.58 Å². The third kappa shape index (κ3) is 3.23. The quantitative estimate of drug-likeness (QED) is 0.467. The minimum Gasteiger partial charge on any atom is -0.212 e. The molecule has 0 nitrogen and oxygen atoms in total. The number of hydrogen-bond acceptors (Lipinski definition) is 0. The molecular weight excluding hydrogens is 91.1 g/mol. The Morgan fingerprint density at radius 2 is 2.43 bits per heavy atom. The van der Waals surface area contributed by atoms with Gasteiger partial charge in [-0.05, 0) is 6.92 Å². The summed E-state index contributed by atoms with van der Waals surface area (Å²) in [5, 5.41) is 0. The molecule has 0 fully saturated rings. The molecule has 0 aliphatic rings. The van der Waals surface area contributed by atoms with Crippen LogP contribution in [0.2, 0.25) is 0 Å². The van der Waals surface area contributed by atoms with E-state index in [9.17, 15) is 4.39 Å². The van der Waals surface area contributed by atoms with E-state index >= 15 is 0 Å². The summed E-state index contributed by atoms with van der Waals surface area (Å²) < 4.78 is 11.9. The van der Waals surface area contributed by atoms with Crippen molar-refractivity contribution in [2.24, 2.45) is 0 Å². The molecule has 0 atom stereocenters. The molecule has 7 heavy (non-hydrogen) atoms. The highest BCUT2D eigenvalue weighted by molar-refractivity contribution is 4.94. The SMILES string of the molecule is C=CCC(F)=CC. The van der Waals surface area contributed by atoms with E-state index in [4.69, 9.17) is 0 Å². The van der Waals surface area contributed by atoms with Crippen LogP contribution < -0.4 is 0 Å². The van der Waals surface area contributed by atoms with E-state index in [0.717, 1.165) is 0 Å². The lowest BCUT2D eigenvalue weighted by atomic mass is 10.3. The molecule has 0 aromatic carbocycles. The molecule has 40 valence electrons. The maximum atomic E-state index is 11.9. The molecule has 0 aromatic rings. The van der Waals surface area contributed by atoms with Crippen molar-refractivity contribution in [2.75, 3.05) is 0 Å². The molecule has 0 rings (SSSR count). The molecular formula is C6H9F. The van der Waals surface area contributed by atoms with Gasteiger partial charge in [0.25, 0.3) is 0 Å². The van der Waals surface area contributed by atoms with Crippen LogP contribution >= 0.6 is 0 Å². The topological polar surface area (TPSA) is 0 Å². The van der Waals surface area contributed by atoms with Crippen LogP contribution in [0.25, 0.3) is 0 Å². The van der Waals surface area contributed by atoms with E-state index in [1.165, 1.54) is 12.2 Å². The summed E-state index contributed by atoms with van der Waals surface area (Å²) in [6.07, 6.45) is 3.33. The lowest BCUT2D eigenvalue weighted by molar-refractivity contribution is 0.616. The minimum atomic E-state index is -0.116. The van der Waals surface area contributed by atoms with Crippen molar-refractivity contribution in [1.82, 2.24) is 0 Å². The molecule has 0 aliphatic carbocycles. The van der Waals surface area contributed by atoms with Gasteiger partial charge in [0, 0.05) is 6.42 Å². The van der Waals surface area contributed by atoms with E-state index in [0.29, 0.717) is 6.42 Å². The summed E-state index contributed by atoms with van der Waals surface area (Å²) in [6, 6.07) is 0. The van der Waals surface area contributed by atoms with Crippen LogP contribution in [0.5, 0.6) is 0 Å². The predicted molar refractivity (Wildman–Crippen MR) is 29.7 cm³/mol. The Morgan fingerprint density at radius 3 is 2.57 bits per heavy atom. The molecule has 0 heterocycles. The monoisotopic (exact) mass is 100 g/mol. The highest BCUT2D eigenvalue weighted by Crippen LogP contribution is 2.00. The van der Waals surface area contributed by atoms with Crippen LogP contribution in [0.3, 0.4) is 0 Å². The second kappa shape index (κ2) is 3.59. The maximum Gasteiger partial charge on any atom is 0.0994 e. The van der Waals surface area contributed by atoms with Crippen LogP contribution in [-0.4, -0.2) is 0 Å². The fourth-order valence-corrected chi connectivity index (χ4v) is 0.256. The van der Waals surface area contributed by atoms with Crippen LogP contribution in [0.4, 0.5) is 4.39 Å². The van der Waals surface area contributed by atoms with Crippen LogP contribution in [0.1, 0.15) is 13.3 Å². The largest absolute Gasteiger partial charge is 0.212 e. The zero-order valence-corrected chi connectivity index (χ0v) is 4.45. The Hall–Kier alpha value is -0.590. The molecule has 0 bridgehead atoms. The van der Waals surface area contributed by atoms with Gasteiger partial charge in [-0.25, -0.2) is 4.39 Å². The first-order valence-electron chi connectivity index (χ1n) is 2.23. The Morgan fingerprint density at radius 1 is 1.86 bits per heavy atom. The Kier molecular flexibility index (Phi) is 3.29. The number of allylic oxidation sites excluding steroid dienone is 3. The molecule has 1 heteroatoms. The first kappa shape index (κ1) is 6.41. The van der Waals surface area contributed by atoms with E-state index < -0.39 is 0 Å². The molecule has 0 saturated carbocycles. The summed E-state index contributed by atoms with van der Waals surface area (Å²) in [5.74, 6) is -0.116. The van der Waals surface area contributed by atoms with E-state index in [1.807, 2.05) is 0 Å². The molecule has 0 radical (unpaired) electrons. The van der Waals surface area contributed by atoms with Gasteiger partial charge in [-0.3, -0.25) is 0 Å². The second-order valence-electron chi connectivity index (χ2n) is 1.23. The maximum absolute atomic E-state index is 11.9. The summed E-state index contributed by atoms with van der Waals surface area (Å²) >= 11 is 0. The van der Waals surface area contributed by atoms with Gasteiger partial charge < -0.3 is 0 Å². The van der Waals surface area contributed by atoms with Gasteiger partial charge in [0.05, 0.1) is 5.83 Å². The van der Waals surface area contributed by atoms with Gasteiger partial charge in [-0.1, -0.05) is 12.2 Å². The lowest BCUT2D eigenvalue weighted by Crippen LogP contribution is -1.63. The number of hydrogen-bond donors (Lipinski definition) is 0. The first-order valence-corrected chi connectivity index (χ1v) is 2.23. The van der Waals surface area contributed by atoms with E-state index in [2.05, 4.69) is 6.58 Å². The predicted octanol–water partition coefficient (Wildman–Crippen LogP) is 2.44. The molecule has 0 N–H and O–H groups in total. The van der Waals surface area contributed by atoms with Crippen molar-refractivity contribution in [2.45, 2.75) is 13.3 Å². The Labute approximate surface area is 43.4 Å². The zero-order valence-electron chi connectivity index (χ0n) is 4.45. The summed E-state index contributed by atoms with van der Waals surface area (Å²) in [4.78, 5) is 0. The van der Waals surface area contributed by atoms with Crippen molar-refractivity contribution in [3.8, 4) is 0 Å². The van der Waals surface area contributed by atoms with Crippen molar-refractivity contribution < 1.29 is 4.39 Å². The van der Waals surface area contributed by atoms with Crippen LogP contribution in [-0.2, 0) is 0 Å². The second-order valence-corrected chi connectivity index (χ2v) is 1.23. The molecule has 0 amide bonds. The minimum absolute atomic E-state index is 0.116. The average molecular weight is 100 g/mol. The number of halogens is 1. The van der Waals surface area contributed by atoms with Gasteiger partial charge in [0.1, 0.15) is 0 Å². The Balaban J connectivity index is 3.36. The smallest absolute Gasteiger partial charge is 0.0994 e. The third-order valence-corrected chi connectivity index (χ3v) is 0.653. The van der Waals surface area contributed by atoms with Crippen molar-refractivity contribution in [3.63, 3.8) is 0 Å². The Bertz CT molecular complexity index is 82.2. The standard InChI is InChI=1S/C6H9F/c1-3-5-6(7)4-2/h3-4H,1,5H2,2H3. The van der Waals surface area contributed by atoms with Crippen molar-refractivity contribution in [3.05, 3.63) is 24.6 Å². The molecule has 0 spiro atoms. The summed E-state index contributed by atoms with van der Waals surface area (Å²) in [5.41, 5.74) is 0. The molecule has 0 saturated heterocycles. The van der Waals surface area contributed by atoms with E-state index in [1.54, 1.807) is 6.92 Å². The van der Waals surface area contributed by atoms with Gasteiger partial charge in [0.15, 0.2) is 0 Å². The highest BCUT2D eigenvalue weighted by Gasteiger charge is 1.82. The average Bonchev–Trinajstić information content (AvgIpc) is 1.68. The van der Waals surface area contributed by atoms with Crippen LogP contribution in [0.15, 0.2) is 24.6 Å². The van der Waals surface area contributed by atoms with Gasteiger partial charge >= 0.3 is 0 Å². The van der Waals surface area contributed by atoms with Crippen LogP contribution in [0, 0.1) is 0 Å². The van der Waals surface area contributed by atoms with Crippen molar-refractivity contribution in [1.29, 1.82) is 0 Å². The normalized spacial score (nSPS) is 11.4. The fraction of sp³-hybridized carbons (Fsp3) is 0.333. The lowest BCUT2D eigenvalue weighted by Gasteiger charge is -1.82. The van der Waals surface area contributed by atoms with Gasteiger partial charge in [-0.2, -0.15) is 0 Å². The third-order valence-electron chi connectivity index (χ3n) is 0.653. The summed E-state index contributed by atoms with van der Waals surface area (Å²) in [7, 11) is 0. The molecule has 0 unspecified atom stereocenters. The first-order chi connectivity index (χ1) is 3.31. The number of rotatable bonds is 2. The fourth-order valence-electron chi connectivity index (χ4n) is 0.256. The highest BCUT2D eigenvalue weighted by atomic mass is 19.1. The van der Waals surface area contributed by atoms with Gasteiger partial charge in [0.2, 0.25) is 0 Å². The summed E-state index contributed by atoms with van der Waals surface area (Å²) in [6.45, 7) is 5.03. The molecule has 0 aliphatic heterocycles. The zero-order chi connectivity index (χ0) is 5.70. The van der Waals surface area contributed by atoms with Crippen molar-refractivity contribution >= 4 is 0 Å².